The lowest BCUT2D eigenvalue weighted by molar-refractivity contribution is -0.122. The van der Waals surface area contributed by atoms with Crippen LogP contribution >= 0.6 is 12.2 Å². The minimum atomic E-state index is -0.365. The van der Waals surface area contributed by atoms with Crippen molar-refractivity contribution < 1.29 is 9.90 Å². The molecule has 0 saturated heterocycles. The minimum Gasteiger partial charge on any atom is -0.392 e. The molecule has 0 unspecified atom stereocenters. The Morgan fingerprint density at radius 1 is 1.50 bits per heavy atom. The van der Waals surface area contributed by atoms with E-state index in [0.29, 0.717) is 17.1 Å². The summed E-state index contributed by atoms with van der Waals surface area (Å²) in [5, 5.41) is 20.3. The molecule has 1 aromatic heterocycles. The molecular formula is C19H26N4O2S. The third kappa shape index (κ3) is 4.04. The summed E-state index contributed by atoms with van der Waals surface area (Å²) in [5.74, 6) is 0.521. The summed E-state index contributed by atoms with van der Waals surface area (Å²) < 4.78 is 2.12. The molecule has 1 saturated carbocycles. The van der Waals surface area contributed by atoms with Crippen LogP contribution in [0.3, 0.4) is 0 Å². The number of aryl methyl sites for hydroxylation is 1. The van der Waals surface area contributed by atoms with Crippen LogP contribution in [-0.4, -0.2) is 38.4 Å². The molecule has 140 valence electrons. The Bertz CT molecular complexity index is 844. The molecule has 0 bridgehead atoms. The topological polar surface area (TPSA) is 82.9 Å². The van der Waals surface area contributed by atoms with Gasteiger partial charge >= 0.3 is 0 Å². The third-order valence-electron chi connectivity index (χ3n) is 5.31. The molecule has 0 radical (unpaired) electrons. The molecule has 2 aromatic rings. The van der Waals surface area contributed by atoms with Gasteiger partial charge in [-0.05, 0) is 38.0 Å². The smallest absolute Gasteiger partial charge is 0.240 e. The lowest BCUT2D eigenvalue weighted by Crippen LogP contribution is -2.45. The van der Waals surface area contributed by atoms with Crippen LogP contribution in [-0.2, 0) is 11.3 Å². The van der Waals surface area contributed by atoms with Gasteiger partial charge in [0.15, 0.2) is 10.6 Å². The van der Waals surface area contributed by atoms with Gasteiger partial charge in [-0.25, -0.2) is 0 Å². The fraction of sp³-hybridized carbons (Fsp3) is 0.526. The zero-order valence-electron chi connectivity index (χ0n) is 15.3. The first-order chi connectivity index (χ1) is 12.4. The molecule has 7 heteroatoms. The monoisotopic (exact) mass is 374 g/mol. The number of hydrogen-bond acceptors (Lipinski definition) is 4. The molecule has 1 aliphatic rings. The van der Waals surface area contributed by atoms with Gasteiger partial charge in [-0.15, -0.1) is 0 Å². The summed E-state index contributed by atoms with van der Waals surface area (Å²) in [7, 11) is 0. The number of nitrogens with one attached hydrogen (secondary N) is 2. The van der Waals surface area contributed by atoms with Crippen molar-refractivity contribution in [1.82, 2.24) is 20.1 Å². The lowest BCUT2D eigenvalue weighted by Gasteiger charge is -2.38. The summed E-state index contributed by atoms with van der Waals surface area (Å²) in [5.41, 5.74) is 1.77. The van der Waals surface area contributed by atoms with Crippen molar-refractivity contribution in [3.8, 4) is 11.4 Å². The van der Waals surface area contributed by atoms with E-state index in [9.17, 15) is 9.90 Å². The van der Waals surface area contributed by atoms with Crippen LogP contribution in [0.15, 0.2) is 24.3 Å². The van der Waals surface area contributed by atoms with Gasteiger partial charge in [0.2, 0.25) is 5.91 Å². The van der Waals surface area contributed by atoms with Crippen molar-refractivity contribution in [2.75, 3.05) is 6.54 Å². The number of rotatable bonds is 5. The summed E-state index contributed by atoms with van der Waals surface area (Å²) in [4.78, 5) is 12.5. The highest BCUT2D eigenvalue weighted by atomic mass is 32.1. The molecule has 1 amide bonds. The molecule has 1 aromatic carbocycles. The summed E-state index contributed by atoms with van der Waals surface area (Å²) in [6.07, 6.45) is 3.50. The highest BCUT2D eigenvalue weighted by Crippen LogP contribution is 2.35. The standard InChI is InChI=1S/C19H26N4O2S/c1-13-6-5-7-14(10-13)17-21-22-18(26)23(17)11-16(25)20-12-19(2)9-4-3-8-15(19)24/h5-7,10,15,24H,3-4,8-9,11-12H2,1-2H3,(H,20,25)(H,22,26)/t15-,19+/m1/s1. The van der Waals surface area contributed by atoms with E-state index >= 15 is 0 Å². The van der Waals surface area contributed by atoms with Gasteiger partial charge < -0.3 is 10.4 Å². The SMILES string of the molecule is Cc1cccc(-c2n[nH]c(=S)n2CC(=O)NC[C@]2(C)CCCC[C@H]2O)c1. The molecule has 0 spiro atoms. The number of aromatic amines is 1. The van der Waals surface area contributed by atoms with E-state index in [2.05, 4.69) is 15.5 Å². The van der Waals surface area contributed by atoms with Crippen molar-refractivity contribution in [3.63, 3.8) is 0 Å². The number of aliphatic hydroxyl groups excluding tert-OH is 1. The van der Waals surface area contributed by atoms with E-state index in [4.69, 9.17) is 12.2 Å². The lowest BCUT2D eigenvalue weighted by atomic mass is 9.73. The fourth-order valence-electron chi connectivity index (χ4n) is 3.56. The number of carbonyl (C=O) groups is 1. The maximum absolute atomic E-state index is 12.5. The van der Waals surface area contributed by atoms with E-state index in [1.807, 2.05) is 38.1 Å². The second kappa shape index (κ2) is 7.72. The first-order valence-electron chi connectivity index (χ1n) is 9.06. The van der Waals surface area contributed by atoms with Gasteiger partial charge in [0.1, 0.15) is 6.54 Å². The predicted octanol–water partition coefficient (Wildman–Crippen LogP) is 2.97. The Morgan fingerprint density at radius 2 is 2.31 bits per heavy atom. The molecule has 26 heavy (non-hydrogen) atoms. The number of nitrogens with zero attached hydrogens (tertiary/aromatic N) is 2. The average Bonchev–Trinajstić information content (AvgIpc) is 2.97. The van der Waals surface area contributed by atoms with Crippen molar-refractivity contribution in [1.29, 1.82) is 0 Å². The van der Waals surface area contributed by atoms with Gasteiger partial charge in [0.05, 0.1) is 6.10 Å². The van der Waals surface area contributed by atoms with Crippen LogP contribution in [0.5, 0.6) is 0 Å². The highest BCUT2D eigenvalue weighted by molar-refractivity contribution is 7.71. The van der Waals surface area contributed by atoms with Crippen LogP contribution < -0.4 is 5.32 Å². The summed E-state index contributed by atoms with van der Waals surface area (Å²) >= 11 is 5.30. The van der Waals surface area contributed by atoms with Gasteiger partial charge in [-0.2, -0.15) is 5.10 Å². The maximum Gasteiger partial charge on any atom is 0.240 e. The highest BCUT2D eigenvalue weighted by Gasteiger charge is 2.35. The van der Waals surface area contributed by atoms with Crippen molar-refractivity contribution in [2.45, 2.75) is 52.2 Å². The number of H-pyrrole nitrogens is 1. The molecule has 6 nitrogen and oxygen atoms in total. The zero-order valence-corrected chi connectivity index (χ0v) is 16.1. The first-order valence-corrected chi connectivity index (χ1v) is 9.47. The molecule has 0 aliphatic heterocycles. The van der Waals surface area contributed by atoms with Gasteiger partial charge in [0.25, 0.3) is 0 Å². The molecule has 2 atom stereocenters. The Kier molecular flexibility index (Phi) is 5.58. The Morgan fingerprint density at radius 3 is 3.04 bits per heavy atom. The number of aromatic nitrogens is 3. The molecule has 1 fully saturated rings. The molecule has 3 N–H and O–H groups in total. The second-order valence-corrected chi connectivity index (χ2v) is 7.89. The normalized spacial score (nSPS) is 23.0. The molecule has 3 rings (SSSR count). The van der Waals surface area contributed by atoms with E-state index in [0.717, 1.165) is 36.8 Å². The fourth-order valence-corrected chi connectivity index (χ4v) is 3.75. The second-order valence-electron chi connectivity index (χ2n) is 7.50. The van der Waals surface area contributed by atoms with E-state index in [-0.39, 0.29) is 24.0 Å². The number of amides is 1. The number of benzene rings is 1. The number of hydrogen-bond donors (Lipinski definition) is 3. The Balaban J connectivity index is 1.70. The molecular weight excluding hydrogens is 348 g/mol. The van der Waals surface area contributed by atoms with Crippen molar-refractivity contribution in [2.24, 2.45) is 5.41 Å². The molecule has 1 aliphatic carbocycles. The zero-order chi connectivity index (χ0) is 18.7. The van der Waals surface area contributed by atoms with Crippen LogP contribution in [0.4, 0.5) is 0 Å². The van der Waals surface area contributed by atoms with E-state index < -0.39 is 0 Å². The minimum absolute atomic E-state index is 0.102. The molecule has 1 heterocycles. The summed E-state index contributed by atoms with van der Waals surface area (Å²) in [6.45, 7) is 4.62. The van der Waals surface area contributed by atoms with E-state index in [1.54, 1.807) is 4.57 Å². The summed E-state index contributed by atoms with van der Waals surface area (Å²) in [6, 6.07) is 7.93. The maximum atomic E-state index is 12.5. The third-order valence-corrected chi connectivity index (χ3v) is 5.62. The quantitative estimate of drug-likeness (QED) is 0.703. The first kappa shape index (κ1) is 18.8. The number of aliphatic hydroxyl groups is 1. The van der Waals surface area contributed by atoms with Gasteiger partial charge in [-0.3, -0.25) is 14.5 Å². The van der Waals surface area contributed by atoms with Gasteiger partial charge in [-0.1, -0.05) is 43.5 Å². The number of carbonyl (C=O) groups excluding carboxylic acids is 1. The largest absolute Gasteiger partial charge is 0.392 e. The van der Waals surface area contributed by atoms with Crippen LogP contribution in [0.25, 0.3) is 11.4 Å². The van der Waals surface area contributed by atoms with Crippen molar-refractivity contribution in [3.05, 3.63) is 34.6 Å². The van der Waals surface area contributed by atoms with Crippen molar-refractivity contribution >= 4 is 18.1 Å². The Labute approximate surface area is 158 Å². The van der Waals surface area contributed by atoms with Crippen LogP contribution in [0, 0.1) is 17.1 Å². The average molecular weight is 375 g/mol. The van der Waals surface area contributed by atoms with Gasteiger partial charge in [0, 0.05) is 17.5 Å². The predicted molar refractivity (Wildman–Crippen MR) is 103 cm³/mol. The van der Waals surface area contributed by atoms with E-state index in [1.165, 1.54) is 0 Å². The van der Waals surface area contributed by atoms with Crippen LogP contribution in [0.2, 0.25) is 0 Å². The Hall–Kier alpha value is -1.99. The van der Waals surface area contributed by atoms with Crippen LogP contribution in [0.1, 0.15) is 38.2 Å².